The molecule has 0 heterocycles. The van der Waals surface area contributed by atoms with Crippen LogP contribution in [-0.2, 0) is 5.75 Å². The lowest BCUT2D eigenvalue weighted by atomic mass is 10.1. The van der Waals surface area contributed by atoms with Gasteiger partial charge in [-0.25, -0.2) is 0 Å². The van der Waals surface area contributed by atoms with Crippen molar-refractivity contribution in [1.29, 1.82) is 0 Å². The van der Waals surface area contributed by atoms with Gasteiger partial charge < -0.3 is 10.6 Å². The Balaban J connectivity index is 1.67. The van der Waals surface area contributed by atoms with E-state index >= 15 is 0 Å². The van der Waals surface area contributed by atoms with E-state index in [9.17, 15) is 0 Å². The molecule has 0 aliphatic rings. The lowest BCUT2D eigenvalue weighted by Gasteiger charge is -2.13. The van der Waals surface area contributed by atoms with Crippen LogP contribution in [0, 0.1) is 20.8 Å². The number of nitrogens with one attached hydrogen (secondary N) is 2. The highest BCUT2D eigenvalue weighted by Crippen LogP contribution is 2.16. The summed E-state index contributed by atoms with van der Waals surface area (Å²) >= 11 is 7.28. The van der Waals surface area contributed by atoms with Gasteiger partial charge >= 0.3 is 0 Å². The Labute approximate surface area is 149 Å². The highest BCUT2D eigenvalue weighted by molar-refractivity contribution is 7.98. The first kappa shape index (κ1) is 17.8. The number of benzene rings is 2. The molecular formula is C19H24N2S2. The number of hydrogen-bond donors (Lipinski definition) is 2. The van der Waals surface area contributed by atoms with E-state index in [0.717, 1.165) is 23.7 Å². The number of aryl methyl sites for hydroxylation is 3. The second-order valence-corrected chi connectivity index (χ2v) is 7.25. The molecule has 0 amide bonds. The van der Waals surface area contributed by atoms with Gasteiger partial charge in [0.25, 0.3) is 0 Å². The van der Waals surface area contributed by atoms with Gasteiger partial charge in [-0.05, 0) is 55.7 Å². The molecule has 4 heteroatoms. The third-order valence-corrected chi connectivity index (χ3v) is 4.84. The van der Waals surface area contributed by atoms with Gasteiger partial charge in [0.15, 0.2) is 5.11 Å². The van der Waals surface area contributed by atoms with Gasteiger partial charge in [-0.15, -0.1) is 0 Å². The normalized spacial score (nSPS) is 10.4. The molecule has 0 saturated carbocycles. The first-order valence-electron chi connectivity index (χ1n) is 7.80. The summed E-state index contributed by atoms with van der Waals surface area (Å²) in [7, 11) is 0. The first-order chi connectivity index (χ1) is 11.0. The van der Waals surface area contributed by atoms with E-state index in [-0.39, 0.29) is 0 Å². The highest BCUT2D eigenvalue weighted by Gasteiger charge is 2.01. The summed E-state index contributed by atoms with van der Waals surface area (Å²) in [5.74, 6) is 2.07. The van der Waals surface area contributed by atoms with Crippen molar-refractivity contribution in [3.8, 4) is 0 Å². The summed E-state index contributed by atoms with van der Waals surface area (Å²) in [5.41, 5.74) is 6.19. The smallest absolute Gasteiger partial charge is 0.170 e. The summed E-state index contributed by atoms with van der Waals surface area (Å²) in [4.78, 5) is 0. The molecule has 0 radical (unpaired) electrons. The van der Waals surface area contributed by atoms with E-state index in [2.05, 4.69) is 73.9 Å². The van der Waals surface area contributed by atoms with Crippen LogP contribution >= 0.6 is 24.0 Å². The SMILES string of the molecule is Cc1ccc(CSCCNC(=S)Nc2cc(C)ccc2C)cc1. The average molecular weight is 345 g/mol. The van der Waals surface area contributed by atoms with E-state index in [0.29, 0.717) is 5.11 Å². The Morgan fingerprint density at radius 1 is 1.00 bits per heavy atom. The number of thiocarbonyl (C=S) groups is 1. The molecule has 0 spiro atoms. The third kappa shape index (κ3) is 6.24. The van der Waals surface area contributed by atoms with Gasteiger partial charge in [0.1, 0.15) is 0 Å². The third-order valence-electron chi connectivity index (χ3n) is 3.56. The lowest BCUT2D eigenvalue weighted by Crippen LogP contribution is -2.30. The number of anilines is 1. The van der Waals surface area contributed by atoms with E-state index in [1.54, 1.807) is 0 Å². The largest absolute Gasteiger partial charge is 0.362 e. The van der Waals surface area contributed by atoms with Crippen molar-refractivity contribution in [2.45, 2.75) is 26.5 Å². The fourth-order valence-corrected chi connectivity index (χ4v) is 3.18. The maximum atomic E-state index is 5.36. The molecule has 2 N–H and O–H groups in total. The fraction of sp³-hybridized carbons (Fsp3) is 0.316. The molecule has 2 aromatic carbocycles. The predicted molar refractivity (Wildman–Crippen MR) is 107 cm³/mol. The minimum absolute atomic E-state index is 0.689. The molecule has 0 fully saturated rings. The summed E-state index contributed by atoms with van der Waals surface area (Å²) < 4.78 is 0. The Morgan fingerprint density at radius 2 is 1.70 bits per heavy atom. The monoisotopic (exact) mass is 344 g/mol. The maximum absolute atomic E-state index is 5.36. The van der Waals surface area contributed by atoms with Gasteiger partial charge in [0, 0.05) is 23.7 Å². The van der Waals surface area contributed by atoms with Crippen LogP contribution in [0.2, 0.25) is 0 Å². The minimum atomic E-state index is 0.689. The number of rotatable bonds is 6. The molecule has 0 aliphatic carbocycles. The molecule has 2 nitrogen and oxygen atoms in total. The Bertz CT molecular complexity index is 651. The van der Waals surface area contributed by atoms with E-state index in [1.165, 1.54) is 22.3 Å². The summed E-state index contributed by atoms with van der Waals surface area (Å²) in [6, 6.07) is 15.1. The van der Waals surface area contributed by atoms with Crippen LogP contribution in [0.4, 0.5) is 5.69 Å². The Kier molecular flexibility index (Phi) is 6.93. The molecule has 23 heavy (non-hydrogen) atoms. The van der Waals surface area contributed by atoms with Crippen molar-refractivity contribution in [2.75, 3.05) is 17.6 Å². The molecule has 0 unspecified atom stereocenters. The van der Waals surface area contributed by atoms with Crippen LogP contribution in [0.1, 0.15) is 22.3 Å². The van der Waals surface area contributed by atoms with Crippen LogP contribution < -0.4 is 10.6 Å². The zero-order chi connectivity index (χ0) is 16.7. The molecule has 2 rings (SSSR count). The summed E-state index contributed by atoms with van der Waals surface area (Å²) in [6.45, 7) is 7.16. The van der Waals surface area contributed by atoms with Crippen LogP contribution in [0.3, 0.4) is 0 Å². The van der Waals surface area contributed by atoms with Gasteiger partial charge in [0.2, 0.25) is 0 Å². The van der Waals surface area contributed by atoms with E-state index in [1.807, 2.05) is 11.8 Å². The molecule has 0 aromatic heterocycles. The van der Waals surface area contributed by atoms with Crippen LogP contribution in [-0.4, -0.2) is 17.4 Å². The second-order valence-electron chi connectivity index (χ2n) is 5.74. The summed E-state index contributed by atoms with van der Waals surface area (Å²) in [6.07, 6.45) is 0. The zero-order valence-corrected chi connectivity index (χ0v) is 15.6. The molecular weight excluding hydrogens is 320 g/mol. The molecule has 0 aliphatic heterocycles. The van der Waals surface area contributed by atoms with Crippen molar-refractivity contribution in [3.63, 3.8) is 0 Å². The topological polar surface area (TPSA) is 24.1 Å². The van der Waals surface area contributed by atoms with Gasteiger partial charge in [-0.2, -0.15) is 11.8 Å². The van der Waals surface area contributed by atoms with Crippen molar-refractivity contribution in [1.82, 2.24) is 5.32 Å². The maximum Gasteiger partial charge on any atom is 0.170 e. The molecule has 2 aromatic rings. The van der Waals surface area contributed by atoms with E-state index < -0.39 is 0 Å². The summed E-state index contributed by atoms with van der Waals surface area (Å²) in [5, 5.41) is 7.24. The fourth-order valence-electron chi connectivity index (χ4n) is 2.15. The van der Waals surface area contributed by atoms with Crippen molar-refractivity contribution < 1.29 is 0 Å². The van der Waals surface area contributed by atoms with Crippen LogP contribution in [0.25, 0.3) is 0 Å². The Morgan fingerprint density at radius 3 is 2.43 bits per heavy atom. The second kappa shape index (κ2) is 8.94. The standard InChI is InChI=1S/C19H24N2S2/c1-14-5-8-17(9-6-14)13-23-11-10-20-19(22)21-18-12-15(2)4-7-16(18)3/h4-9,12H,10-11,13H2,1-3H3,(H2,20,21,22). The number of thioether (sulfide) groups is 1. The van der Waals surface area contributed by atoms with Gasteiger partial charge in [-0.1, -0.05) is 42.0 Å². The van der Waals surface area contributed by atoms with Crippen molar-refractivity contribution in [2.24, 2.45) is 0 Å². The molecule has 0 bridgehead atoms. The van der Waals surface area contributed by atoms with E-state index in [4.69, 9.17) is 12.2 Å². The highest BCUT2D eigenvalue weighted by atomic mass is 32.2. The van der Waals surface area contributed by atoms with Crippen LogP contribution in [0.5, 0.6) is 0 Å². The lowest BCUT2D eigenvalue weighted by molar-refractivity contribution is 0.989. The predicted octanol–water partition coefficient (Wildman–Crippen LogP) is 4.83. The first-order valence-corrected chi connectivity index (χ1v) is 9.36. The number of hydrogen-bond acceptors (Lipinski definition) is 2. The molecule has 0 atom stereocenters. The van der Waals surface area contributed by atoms with Crippen molar-refractivity contribution >= 4 is 34.8 Å². The van der Waals surface area contributed by atoms with Crippen LogP contribution in [0.15, 0.2) is 42.5 Å². The minimum Gasteiger partial charge on any atom is -0.362 e. The van der Waals surface area contributed by atoms with Crippen molar-refractivity contribution in [3.05, 3.63) is 64.7 Å². The van der Waals surface area contributed by atoms with Gasteiger partial charge in [-0.3, -0.25) is 0 Å². The quantitative estimate of drug-likeness (QED) is 0.579. The van der Waals surface area contributed by atoms with Gasteiger partial charge in [0.05, 0.1) is 0 Å². The molecule has 122 valence electrons. The Hall–Kier alpha value is -1.52. The molecule has 0 saturated heterocycles. The average Bonchev–Trinajstić information content (AvgIpc) is 2.52. The zero-order valence-electron chi connectivity index (χ0n) is 14.0.